The standard InChI is InChI=1S/C15H23N3O5S2/c1-12-6-8-14(9-7-12)25(22,23)18-15(19)16-10-11-24(20,21)17-13-4-2-3-5-13/h6-9,13,17H,2-5,10-11H2,1H3,(H2,16,18,19). The van der Waals surface area contributed by atoms with Gasteiger partial charge >= 0.3 is 6.03 Å². The SMILES string of the molecule is Cc1ccc(S(=O)(=O)NC(=O)NCCS(=O)(=O)NC2CCCC2)cc1. The van der Waals surface area contributed by atoms with E-state index < -0.39 is 26.1 Å². The first-order valence-electron chi connectivity index (χ1n) is 8.05. The van der Waals surface area contributed by atoms with Crippen molar-refractivity contribution >= 4 is 26.1 Å². The maximum absolute atomic E-state index is 12.0. The number of nitrogens with one attached hydrogen (secondary N) is 3. The summed E-state index contributed by atoms with van der Waals surface area (Å²) in [5, 5.41) is 2.25. The third kappa shape index (κ3) is 6.29. The van der Waals surface area contributed by atoms with Crippen LogP contribution in [0.15, 0.2) is 29.2 Å². The predicted molar refractivity (Wildman–Crippen MR) is 94.1 cm³/mol. The number of sulfonamides is 2. The molecule has 10 heteroatoms. The van der Waals surface area contributed by atoms with Crippen molar-refractivity contribution in [3.05, 3.63) is 29.8 Å². The quantitative estimate of drug-likeness (QED) is 0.638. The number of urea groups is 1. The lowest BCUT2D eigenvalue weighted by Crippen LogP contribution is -2.43. The van der Waals surface area contributed by atoms with Crippen LogP contribution in [-0.4, -0.2) is 41.2 Å². The monoisotopic (exact) mass is 389 g/mol. The van der Waals surface area contributed by atoms with Crippen molar-refractivity contribution < 1.29 is 21.6 Å². The Morgan fingerprint density at radius 1 is 1.08 bits per heavy atom. The number of rotatable bonds is 7. The van der Waals surface area contributed by atoms with Gasteiger partial charge in [0.15, 0.2) is 0 Å². The maximum atomic E-state index is 12.0. The molecule has 1 aromatic carbocycles. The lowest BCUT2D eigenvalue weighted by atomic mass is 10.2. The molecular weight excluding hydrogens is 366 g/mol. The zero-order valence-corrected chi connectivity index (χ0v) is 15.6. The maximum Gasteiger partial charge on any atom is 0.328 e. The van der Waals surface area contributed by atoms with E-state index in [0.29, 0.717) is 0 Å². The van der Waals surface area contributed by atoms with E-state index in [0.717, 1.165) is 31.2 Å². The van der Waals surface area contributed by atoms with Crippen molar-refractivity contribution in [2.75, 3.05) is 12.3 Å². The van der Waals surface area contributed by atoms with Crippen LogP contribution < -0.4 is 14.8 Å². The van der Waals surface area contributed by atoms with Gasteiger partial charge in [0.05, 0.1) is 10.6 Å². The van der Waals surface area contributed by atoms with Crippen molar-refractivity contribution in [1.82, 2.24) is 14.8 Å². The molecule has 2 amide bonds. The first-order valence-corrected chi connectivity index (χ1v) is 11.2. The highest BCUT2D eigenvalue weighted by molar-refractivity contribution is 7.90. The summed E-state index contributed by atoms with van der Waals surface area (Å²) in [6, 6.07) is 5.01. The first kappa shape index (κ1) is 19.7. The minimum absolute atomic E-state index is 0.0382. The van der Waals surface area contributed by atoms with Crippen LogP contribution >= 0.6 is 0 Å². The molecule has 0 spiro atoms. The van der Waals surface area contributed by atoms with Gasteiger partial charge in [-0.3, -0.25) is 0 Å². The van der Waals surface area contributed by atoms with Gasteiger partial charge in [0.1, 0.15) is 0 Å². The van der Waals surface area contributed by atoms with E-state index in [1.165, 1.54) is 12.1 Å². The Morgan fingerprint density at radius 2 is 1.68 bits per heavy atom. The number of amides is 2. The molecule has 0 atom stereocenters. The molecule has 0 radical (unpaired) electrons. The zero-order valence-electron chi connectivity index (χ0n) is 14.0. The first-order chi connectivity index (χ1) is 11.7. The second kappa shape index (κ2) is 8.15. The summed E-state index contributed by atoms with van der Waals surface area (Å²) >= 11 is 0. The average molecular weight is 389 g/mol. The van der Waals surface area contributed by atoms with Crippen LogP contribution in [0, 0.1) is 6.92 Å². The molecule has 3 N–H and O–H groups in total. The van der Waals surface area contributed by atoms with Gasteiger partial charge < -0.3 is 5.32 Å². The Kier molecular flexibility index (Phi) is 6.42. The van der Waals surface area contributed by atoms with Gasteiger partial charge in [-0.15, -0.1) is 0 Å². The minimum atomic E-state index is -3.99. The average Bonchev–Trinajstić information content (AvgIpc) is 2.99. The van der Waals surface area contributed by atoms with Crippen LogP contribution in [0.2, 0.25) is 0 Å². The van der Waals surface area contributed by atoms with E-state index in [2.05, 4.69) is 10.0 Å². The van der Waals surface area contributed by atoms with Crippen LogP contribution in [0.1, 0.15) is 31.2 Å². The minimum Gasteiger partial charge on any atom is -0.336 e. The van der Waals surface area contributed by atoms with Crippen molar-refractivity contribution in [1.29, 1.82) is 0 Å². The van der Waals surface area contributed by atoms with Gasteiger partial charge in [0.2, 0.25) is 10.0 Å². The molecule has 1 saturated carbocycles. The number of benzene rings is 1. The zero-order chi connectivity index (χ0) is 18.5. The molecule has 0 aromatic heterocycles. The van der Waals surface area contributed by atoms with E-state index >= 15 is 0 Å². The van der Waals surface area contributed by atoms with E-state index in [1.807, 2.05) is 11.6 Å². The van der Waals surface area contributed by atoms with E-state index in [1.54, 1.807) is 12.1 Å². The Bertz CT molecular complexity index is 798. The Balaban J connectivity index is 1.80. The lowest BCUT2D eigenvalue weighted by molar-refractivity contribution is 0.246. The summed E-state index contributed by atoms with van der Waals surface area (Å²) in [6.07, 6.45) is 3.65. The molecule has 0 aliphatic heterocycles. The van der Waals surface area contributed by atoms with Crippen LogP contribution in [-0.2, 0) is 20.0 Å². The molecule has 2 rings (SSSR count). The Morgan fingerprint density at radius 3 is 2.28 bits per heavy atom. The van der Waals surface area contributed by atoms with E-state index in [-0.39, 0.29) is 23.2 Å². The Hall–Kier alpha value is -1.65. The molecule has 8 nitrogen and oxygen atoms in total. The van der Waals surface area contributed by atoms with Gasteiger partial charge in [-0.25, -0.2) is 31.1 Å². The fraction of sp³-hybridized carbons (Fsp3) is 0.533. The fourth-order valence-corrected chi connectivity index (χ4v) is 4.75. The molecule has 0 heterocycles. The van der Waals surface area contributed by atoms with Crippen LogP contribution in [0.4, 0.5) is 4.79 Å². The normalized spacial score (nSPS) is 15.9. The third-order valence-electron chi connectivity index (χ3n) is 3.92. The van der Waals surface area contributed by atoms with Gasteiger partial charge in [-0.05, 0) is 31.9 Å². The van der Waals surface area contributed by atoms with Crippen molar-refractivity contribution in [3.63, 3.8) is 0 Å². The molecular formula is C15H23N3O5S2. The molecule has 1 aromatic rings. The molecule has 1 fully saturated rings. The van der Waals surface area contributed by atoms with Crippen LogP contribution in [0.25, 0.3) is 0 Å². The predicted octanol–water partition coefficient (Wildman–Crippen LogP) is 0.845. The summed E-state index contributed by atoms with van der Waals surface area (Å²) in [5.74, 6) is -0.304. The summed E-state index contributed by atoms with van der Waals surface area (Å²) in [4.78, 5) is 11.7. The topological polar surface area (TPSA) is 121 Å². The number of carbonyl (C=O) groups is 1. The van der Waals surface area contributed by atoms with Crippen molar-refractivity contribution in [2.45, 2.75) is 43.5 Å². The molecule has 25 heavy (non-hydrogen) atoms. The highest BCUT2D eigenvalue weighted by Gasteiger charge is 2.22. The van der Waals surface area contributed by atoms with E-state index in [4.69, 9.17) is 0 Å². The fourth-order valence-electron chi connectivity index (χ4n) is 2.59. The molecule has 1 aliphatic carbocycles. The Labute approximate surface area is 148 Å². The van der Waals surface area contributed by atoms with Gasteiger partial charge in [0, 0.05) is 12.6 Å². The summed E-state index contributed by atoms with van der Waals surface area (Å²) in [6.45, 7) is 1.63. The van der Waals surface area contributed by atoms with Crippen molar-refractivity contribution in [3.8, 4) is 0 Å². The summed E-state index contributed by atoms with van der Waals surface area (Å²) in [7, 11) is -7.49. The van der Waals surface area contributed by atoms with Crippen LogP contribution in [0.3, 0.4) is 0 Å². The lowest BCUT2D eigenvalue weighted by Gasteiger charge is -2.13. The number of hydrogen-bond donors (Lipinski definition) is 3. The second-order valence-electron chi connectivity index (χ2n) is 6.09. The second-order valence-corrected chi connectivity index (χ2v) is 9.65. The summed E-state index contributed by atoms with van der Waals surface area (Å²) in [5.41, 5.74) is 0.892. The highest BCUT2D eigenvalue weighted by atomic mass is 32.2. The molecule has 140 valence electrons. The third-order valence-corrected chi connectivity index (χ3v) is 6.70. The van der Waals surface area contributed by atoms with E-state index in [9.17, 15) is 21.6 Å². The van der Waals surface area contributed by atoms with Crippen LogP contribution in [0.5, 0.6) is 0 Å². The molecule has 0 saturated heterocycles. The van der Waals surface area contributed by atoms with Gasteiger partial charge in [-0.1, -0.05) is 30.5 Å². The molecule has 1 aliphatic rings. The van der Waals surface area contributed by atoms with Gasteiger partial charge in [-0.2, -0.15) is 0 Å². The number of aryl methyl sites for hydroxylation is 1. The smallest absolute Gasteiger partial charge is 0.328 e. The molecule has 0 bridgehead atoms. The van der Waals surface area contributed by atoms with Crippen molar-refractivity contribution in [2.24, 2.45) is 0 Å². The highest BCUT2D eigenvalue weighted by Crippen LogP contribution is 2.18. The molecule has 0 unspecified atom stereocenters. The van der Waals surface area contributed by atoms with Gasteiger partial charge in [0.25, 0.3) is 10.0 Å². The number of hydrogen-bond acceptors (Lipinski definition) is 5. The number of carbonyl (C=O) groups excluding carboxylic acids is 1. The summed E-state index contributed by atoms with van der Waals surface area (Å²) < 4.78 is 52.3. The largest absolute Gasteiger partial charge is 0.336 e.